The van der Waals surface area contributed by atoms with E-state index in [1.807, 2.05) is 0 Å². The predicted molar refractivity (Wildman–Crippen MR) is 81.2 cm³/mol. The Morgan fingerprint density at radius 3 is 2.81 bits per heavy atom. The molecule has 1 aromatic heterocycles. The molecule has 0 fully saturated rings. The molecule has 0 saturated carbocycles. The van der Waals surface area contributed by atoms with Crippen LogP contribution in [0.1, 0.15) is 6.42 Å². The van der Waals surface area contributed by atoms with Crippen LogP contribution >= 0.6 is 23.2 Å². The van der Waals surface area contributed by atoms with Crippen molar-refractivity contribution in [3.63, 3.8) is 0 Å². The third-order valence-electron chi connectivity index (χ3n) is 2.64. The molecule has 0 aliphatic rings. The third kappa shape index (κ3) is 4.10. The Morgan fingerprint density at radius 1 is 1.33 bits per heavy atom. The van der Waals surface area contributed by atoms with Crippen LogP contribution < -0.4 is 4.72 Å². The third-order valence-corrected chi connectivity index (χ3v) is 4.52. The Bertz CT molecular complexity index is 731. The van der Waals surface area contributed by atoms with Gasteiger partial charge >= 0.3 is 0 Å². The van der Waals surface area contributed by atoms with Crippen LogP contribution in [-0.4, -0.2) is 29.9 Å². The lowest BCUT2D eigenvalue weighted by atomic mass is 10.3. The lowest BCUT2D eigenvalue weighted by Crippen LogP contribution is -2.12. The number of halogens is 2. The molecule has 21 heavy (non-hydrogen) atoms. The first-order valence-electron chi connectivity index (χ1n) is 6.03. The fraction of sp³-hybridized carbons (Fsp3) is 0.250. The van der Waals surface area contributed by atoms with Gasteiger partial charge in [-0.25, -0.2) is 8.42 Å². The second kappa shape index (κ2) is 6.65. The van der Waals surface area contributed by atoms with E-state index in [1.54, 1.807) is 6.07 Å². The van der Waals surface area contributed by atoms with E-state index in [0.717, 1.165) is 0 Å². The van der Waals surface area contributed by atoms with E-state index in [1.165, 1.54) is 29.2 Å². The average molecular weight is 350 g/mol. The number of aliphatic hydroxyl groups excluding tert-OH is 1. The van der Waals surface area contributed by atoms with Crippen molar-refractivity contribution in [3.8, 4) is 0 Å². The summed E-state index contributed by atoms with van der Waals surface area (Å²) in [4.78, 5) is 0.0106. The van der Waals surface area contributed by atoms with E-state index in [9.17, 15) is 8.42 Å². The van der Waals surface area contributed by atoms with Crippen molar-refractivity contribution >= 4 is 38.9 Å². The molecular weight excluding hydrogens is 337 g/mol. The zero-order valence-corrected chi connectivity index (χ0v) is 13.2. The van der Waals surface area contributed by atoms with Crippen LogP contribution in [0.15, 0.2) is 35.5 Å². The first-order chi connectivity index (χ1) is 9.92. The monoisotopic (exact) mass is 349 g/mol. The first-order valence-corrected chi connectivity index (χ1v) is 8.27. The van der Waals surface area contributed by atoms with E-state index in [4.69, 9.17) is 28.3 Å². The fourth-order valence-electron chi connectivity index (χ4n) is 1.62. The van der Waals surface area contributed by atoms with Gasteiger partial charge in [0, 0.05) is 24.4 Å². The molecular formula is C12H13Cl2N3O3S. The van der Waals surface area contributed by atoms with Crippen molar-refractivity contribution in [3.05, 3.63) is 40.6 Å². The summed E-state index contributed by atoms with van der Waals surface area (Å²) in [5.74, 6) is 0. The molecule has 0 amide bonds. The Morgan fingerprint density at radius 2 is 2.10 bits per heavy atom. The second-order valence-electron chi connectivity index (χ2n) is 4.25. The van der Waals surface area contributed by atoms with E-state index < -0.39 is 10.0 Å². The standard InChI is InChI=1S/C12H13Cl2N3O3S/c13-9-2-3-11(14)12(6-9)16-21(19,20)10-7-15-17(8-10)4-1-5-18/h2-3,6-8,16,18H,1,4-5H2. The zero-order chi connectivity index (χ0) is 15.5. The van der Waals surface area contributed by atoms with Crippen LogP contribution in [0, 0.1) is 0 Å². The minimum absolute atomic E-state index is 0.0106. The van der Waals surface area contributed by atoms with Crippen molar-refractivity contribution < 1.29 is 13.5 Å². The predicted octanol–water partition coefficient (Wildman–Crippen LogP) is 2.37. The van der Waals surface area contributed by atoms with E-state index in [0.29, 0.717) is 18.0 Å². The van der Waals surface area contributed by atoms with Crippen LogP contribution in [0.25, 0.3) is 0 Å². The summed E-state index contributed by atoms with van der Waals surface area (Å²) in [6.07, 6.45) is 3.11. The highest BCUT2D eigenvalue weighted by Gasteiger charge is 2.18. The number of hydrogen-bond acceptors (Lipinski definition) is 4. The van der Waals surface area contributed by atoms with Crippen molar-refractivity contribution in [2.24, 2.45) is 0 Å². The quantitative estimate of drug-likeness (QED) is 0.838. The molecule has 0 bridgehead atoms. The molecule has 2 rings (SSSR count). The summed E-state index contributed by atoms with van der Waals surface area (Å²) in [5.41, 5.74) is 0.201. The van der Waals surface area contributed by atoms with Gasteiger partial charge in [-0.05, 0) is 24.6 Å². The van der Waals surface area contributed by atoms with E-state index >= 15 is 0 Å². The van der Waals surface area contributed by atoms with Crippen LogP contribution in [0.5, 0.6) is 0 Å². The molecule has 2 N–H and O–H groups in total. The van der Waals surface area contributed by atoms with Crippen LogP contribution in [0.3, 0.4) is 0 Å². The Balaban J connectivity index is 2.22. The molecule has 114 valence electrons. The molecule has 0 radical (unpaired) electrons. The van der Waals surface area contributed by atoms with Crippen LogP contribution in [-0.2, 0) is 16.6 Å². The summed E-state index contributed by atoms with van der Waals surface area (Å²) < 4.78 is 28.3. The highest BCUT2D eigenvalue weighted by Crippen LogP contribution is 2.27. The van der Waals surface area contributed by atoms with Gasteiger partial charge in [0.15, 0.2) is 0 Å². The first kappa shape index (κ1) is 16.1. The molecule has 0 atom stereocenters. The molecule has 1 heterocycles. The molecule has 6 nitrogen and oxygen atoms in total. The number of nitrogens with zero attached hydrogens (tertiary/aromatic N) is 2. The van der Waals surface area contributed by atoms with Gasteiger partial charge < -0.3 is 5.11 Å². The van der Waals surface area contributed by atoms with Crippen LogP contribution in [0.2, 0.25) is 10.0 Å². The van der Waals surface area contributed by atoms with Crippen molar-refractivity contribution in [2.75, 3.05) is 11.3 Å². The maximum atomic E-state index is 12.2. The number of sulfonamides is 1. The Labute approximate surface area is 132 Å². The smallest absolute Gasteiger partial charge is 0.265 e. The van der Waals surface area contributed by atoms with E-state index in [-0.39, 0.29) is 22.2 Å². The van der Waals surface area contributed by atoms with Gasteiger partial charge in [0.2, 0.25) is 0 Å². The number of hydrogen-bond donors (Lipinski definition) is 2. The van der Waals surface area contributed by atoms with Gasteiger partial charge in [-0.3, -0.25) is 9.40 Å². The number of rotatable bonds is 6. The fourth-order valence-corrected chi connectivity index (χ4v) is 3.03. The minimum atomic E-state index is -3.80. The normalized spacial score (nSPS) is 11.6. The van der Waals surface area contributed by atoms with Crippen molar-refractivity contribution in [1.29, 1.82) is 0 Å². The lowest BCUT2D eigenvalue weighted by molar-refractivity contribution is 0.277. The molecule has 0 aliphatic heterocycles. The number of nitrogens with one attached hydrogen (secondary N) is 1. The molecule has 0 spiro atoms. The molecule has 1 aromatic carbocycles. The van der Waals surface area contributed by atoms with Gasteiger partial charge in [0.05, 0.1) is 16.9 Å². The molecule has 9 heteroatoms. The minimum Gasteiger partial charge on any atom is -0.396 e. The van der Waals surface area contributed by atoms with Crippen molar-refractivity contribution in [1.82, 2.24) is 9.78 Å². The summed E-state index contributed by atoms with van der Waals surface area (Å²) in [6, 6.07) is 4.50. The number of aliphatic hydroxyl groups is 1. The zero-order valence-electron chi connectivity index (χ0n) is 10.8. The molecule has 2 aromatic rings. The number of aryl methyl sites for hydroxylation is 1. The largest absolute Gasteiger partial charge is 0.396 e. The summed E-state index contributed by atoms with van der Waals surface area (Å²) in [6.45, 7) is 0.447. The maximum absolute atomic E-state index is 12.2. The van der Waals surface area contributed by atoms with Gasteiger partial charge in [-0.1, -0.05) is 23.2 Å². The Hall–Kier alpha value is -1.28. The van der Waals surface area contributed by atoms with E-state index in [2.05, 4.69) is 9.82 Å². The highest BCUT2D eigenvalue weighted by molar-refractivity contribution is 7.92. The highest BCUT2D eigenvalue weighted by atomic mass is 35.5. The number of aromatic nitrogens is 2. The lowest BCUT2D eigenvalue weighted by Gasteiger charge is -2.08. The summed E-state index contributed by atoms with van der Waals surface area (Å²) in [7, 11) is -3.80. The second-order valence-corrected chi connectivity index (χ2v) is 6.77. The Kier molecular flexibility index (Phi) is 5.10. The summed E-state index contributed by atoms with van der Waals surface area (Å²) in [5, 5.41) is 13.3. The van der Waals surface area contributed by atoms with Gasteiger partial charge in [-0.2, -0.15) is 5.10 Å². The molecule has 0 aliphatic carbocycles. The SMILES string of the molecule is O=S(=O)(Nc1cc(Cl)ccc1Cl)c1cnn(CCCO)c1. The number of anilines is 1. The van der Waals surface area contributed by atoms with Crippen LogP contribution in [0.4, 0.5) is 5.69 Å². The molecule has 0 saturated heterocycles. The average Bonchev–Trinajstić information content (AvgIpc) is 2.90. The maximum Gasteiger partial charge on any atom is 0.265 e. The van der Waals surface area contributed by atoms with Crippen molar-refractivity contribution in [2.45, 2.75) is 17.9 Å². The van der Waals surface area contributed by atoms with Gasteiger partial charge in [-0.15, -0.1) is 0 Å². The van der Waals surface area contributed by atoms with Gasteiger partial charge in [0.1, 0.15) is 4.90 Å². The van der Waals surface area contributed by atoms with Gasteiger partial charge in [0.25, 0.3) is 10.0 Å². The summed E-state index contributed by atoms with van der Waals surface area (Å²) >= 11 is 11.7. The number of benzene rings is 1. The topological polar surface area (TPSA) is 84.2 Å². The molecule has 0 unspecified atom stereocenters.